The molecule has 1 atom stereocenters. The molecule has 0 aliphatic carbocycles. The van der Waals surface area contributed by atoms with Gasteiger partial charge in [0.2, 0.25) is 0 Å². The Morgan fingerprint density at radius 1 is 1.22 bits per heavy atom. The monoisotopic (exact) mass is 352 g/mol. The van der Waals surface area contributed by atoms with Crippen LogP contribution in [0.25, 0.3) is 0 Å². The van der Waals surface area contributed by atoms with Crippen LogP contribution in [0.2, 0.25) is 10.2 Å². The van der Waals surface area contributed by atoms with E-state index in [1.165, 1.54) is 12.3 Å². The second-order valence-electron chi connectivity index (χ2n) is 4.61. The third-order valence-corrected chi connectivity index (χ3v) is 3.65. The number of para-hydroxylation sites is 1. The molecule has 23 heavy (non-hydrogen) atoms. The van der Waals surface area contributed by atoms with Crippen LogP contribution in [0, 0.1) is 0 Å². The first kappa shape index (κ1) is 17.2. The van der Waals surface area contributed by atoms with E-state index >= 15 is 0 Å². The number of hydrogen-bond acceptors (Lipinski definition) is 4. The summed E-state index contributed by atoms with van der Waals surface area (Å²) in [6, 6.07) is 9.85. The van der Waals surface area contributed by atoms with Crippen molar-refractivity contribution in [3.05, 3.63) is 58.3 Å². The largest absolute Gasteiger partial charge is 0.449 e. The van der Waals surface area contributed by atoms with Crippen LogP contribution < -0.4 is 5.32 Å². The number of pyridine rings is 1. The standard InChI is InChI=1S/C16H14Cl2N2O3/c1-2-13(15(21)20-12-8-4-3-7-11(12)17)23-16(22)10-6-5-9-19-14(10)18/h3-9,13H,2H2,1H3,(H,20,21). The molecule has 0 aliphatic heterocycles. The third kappa shape index (κ3) is 4.43. The number of benzene rings is 1. The Hall–Kier alpha value is -2.11. The van der Waals surface area contributed by atoms with Crippen molar-refractivity contribution in [2.75, 3.05) is 5.32 Å². The van der Waals surface area contributed by atoms with Gasteiger partial charge in [0.05, 0.1) is 16.3 Å². The molecule has 0 saturated carbocycles. The number of hydrogen-bond donors (Lipinski definition) is 1. The van der Waals surface area contributed by atoms with Crippen molar-refractivity contribution in [1.82, 2.24) is 4.98 Å². The van der Waals surface area contributed by atoms with E-state index in [0.29, 0.717) is 17.1 Å². The number of amides is 1. The molecule has 7 heteroatoms. The molecule has 1 N–H and O–H groups in total. The van der Waals surface area contributed by atoms with Gasteiger partial charge in [-0.25, -0.2) is 9.78 Å². The highest BCUT2D eigenvalue weighted by atomic mass is 35.5. The Balaban J connectivity index is 2.08. The first-order chi connectivity index (χ1) is 11.0. The average molecular weight is 353 g/mol. The van der Waals surface area contributed by atoms with Gasteiger partial charge >= 0.3 is 5.97 Å². The lowest BCUT2D eigenvalue weighted by Crippen LogP contribution is -2.32. The van der Waals surface area contributed by atoms with Crippen LogP contribution in [-0.4, -0.2) is 23.0 Å². The van der Waals surface area contributed by atoms with E-state index in [9.17, 15) is 9.59 Å². The van der Waals surface area contributed by atoms with E-state index in [-0.39, 0.29) is 10.7 Å². The number of rotatable bonds is 5. The lowest BCUT2D eigenvalue weighted by molar-refractivity contribution is -0.124. The van der Waals surface area contributed by atoms with Crippen LogP contribution in [0.3, 0.4) is 0 Å². The summed E-state index contributed by atoms with van der Waals surface area (Å²) in [5.74, 6) is -1.17. The van der Waals surface area contributed by atoms with Gasteiger partial charge in [-0.15, -0.1) is 0 Å². The van der Waals surface area contributed by atoms with E-state index < -0.39 is 18.0 Å². The maximum absolute atomic E-state index is 12.3. The molecule has 120 valence electrons. The third-order valence-electron chi connectivity index (χ3n) is 3.02. The highest BCUT2D eigenvalue weighted by Crippen LogP contribution is 2.21. The highest BCUT2D eigenvalue weighted by Gasteiger charge is 2.24. The van der Waals surface area contributed by atoms with Crippen molar-refractivity contribution in [2.24, 2.45) is 0 Å². The van der Waals surface area contributed by atoms with E-state index in [4.69, 9.17) is 27.9 Å². The molecule has 2 aromatic rings. The topological polar surface area (TPSA) is 68.3 Å². The molecule has 0 aliphatic rings. The second-order valence-corrected chi connectivity index (χ2v) is 5.38. The molecule has 1 aromatic heterocycles. The Bertz CT molecular complexity index is 722. The highest BCUT2D eigenvalue weighted by molar-refractivity contribution is 6.33. The SMILES string of the molecule is CCC(OC(=O)c1cccnc1Cl)C(=O)Nc1ccccc1Cl. The fraction of sp³-hybridized carbons (Fsp3) is 0.188. The van der Waals surface area contributed by atoms with Crippen LogP contribution in [0.1, 0.15) is 23.7 Å². The lowest BCUT2D eigenvalue weighted by Gasteiger charge is -2.16. The Kier molecular flexibility index (Phi) is 5.96. The number of nitrogens with one attached hydrogen (secondary N) is 1. The predicted molar refractivity (Wildman–Crippen MR) is 88.8 cm³/mol. The van der Waals surface area contributed by atoms with E-state index in [0.717, 1.165) is 0 Å². The number of ether oxygens (including phenoxy) is 1. The van der Waals surface area contributed by atoms with Gasteiger partial charge in [0, 0.05) is 6.20 Å². The Morgan fingerprint density at radius 2 is 1.96 bits per heavy atom. The number of carbonyl (C=O) groups is 2. The Morgan fingerprint density at radius 3 is 2.61 bits per heavy atom. The van der Waals surface area contributed by atoms with Gasteiger partial charge in [-0.1, -0.05) is 42.3 Å². The van der Waals surface area contributed by atoms with Crippen LogP contribution in [0.15, 0.2) is 42.6 Å². The van der Waals surface area contributed by atoms with Crippen molar-refractivity contribution in [3.63, 3.8) is 0 Å². The summed E-state index contributed by atoms with van der Waals surface area (Å²) in [5, 5.41) is 3.06. The molecule has 0 spiro atoms. The first-order valence-corrected chi connectivity index (χ1v) is 7.65. The van der Waals surface area contributed by atoms with Gasteiger partial charge in [0.1, 0.15) is 5.15 Å². The molecular weight excluding hydrogens is 339 g/mol. The van der Waals surface area contributed by atoms with E-state index in [1.807, 2.05) is 0 Å². The predicted octanol–water partition coefficient (Wildman–Crippen LogP) is 3.96. The zero-order valence-electron chi connectivity index (χ0n) is 12.3. The molecule has 0 bridgehead atoms. The number of anilines is 1. The summed E-state index contributed by atoms with van der Waals surface area (Å²) in [6.07, 6.45) is 0.801. The smallest absolute Gasteiger partial charge is 0.342 e. The summed E-state index contributed by atoms with van der Waals surface area (Å²) in [5.41, 5.74) is 0.561. The fourth-order valence-corrected chi connectivity index (χ4v) is 2.21. The van der Waals surface area contributed by atoms with Crippen LogP contribution >= 0.6 is 23.2 Å². The quantitative estimate of drug-likeness (QED) is 0.653. The van der Waals surface area contributed by atoms with Crippen LogP contribution in [0.4, 0.5) is 5.69 Å². The summed E-state index contributed by atoms with van der Waals surface area (Å²) in [6.45, 7) is 1.73. The molecular formula is C16H14Cl2N2O3. The minimum atomic E-state index is -0.963. The number of halogens is 2. The average Bonchev–Trinajstić information content (AvgIpc) is 2.54. The van der Waals surface area contributed by atoms with Crippen LogP contribution in [-0.2, 0) is 9.53 Å². The molecule has 1 aromatic carbocycles. The molecule has 0 fully saturated rings. The van der Waals surface area contributed by atoms with E-state index in [2.05, 4.69) is 10.3 Å². The molecule has 2 rings (SSSR count). The van der Waals surface area contributed by atoms with Gasteiger partial charge in [0.15, 0.2) is 6.10 Å². The van der Waals surface area contributed by atoms with Gasteiger partial charge < -0.3 is 10.1 Å². The molecule has 1 amide bonds. The van der Waals surface area contributed by atoms with Crippen molar-refractivity contribution in [1.29, 1.82) is 0 Å². The number of esters is 1. The number of aromatic nitrogens is 1. The summed E-state index contributed by atoms with van der Waals surface area (Å²) in [4.78, 5) is 28.2. The zero-order chi connectivity index (χ0) is 16.8. The summed E-state index contributed by atoms with van der Waals surface area (Å²) >= 11 is 11.8. The van der Waals surface area contributed by atoms with Gasteiger partial charge in [-0.05, 0) is 30.7 Å². The van der Waals surface area contributed by atoms with Crippen molar-refractivity contribution >= 4 is 40.8 Å². The van der Waals surface area contributed by atoms with Gasteiger partial charge in [-0.2, -0.15) is 0 Å². The lowest BCUT2D eigenvalue weighted by atomic mass is 10.2. The zero-order valence-corrected chi connectivity index (χ0v) is 13.8. The molecule has 1 unspecified atom stereocenters. The first-order valence-electron chi connectivity index (χ1n) is 6.89. The van der Waals surface area contributed by atoms with Crippen molar-refractivity contribution in [2.45, 2.75) is 19.4 Å². The van der Waals surface area contributed by atoms with Crippen LogP contribution in [0.5, 0.6) is 0 Å². The molecule has 1 heterocycles. The summed E-state index contributed by atoms with van der Waals surface area (Å²) in [7, 11) is 0. The maximum Gasteiger partial charge on any atom is 0.342 e. The normalized spacial score (nSPS) is 11.6. The second kappa shape index (κ2) is 7.94. The molecule has 0 saturated heterocycles. The van der Waals surface area contributed by atoms with Gasteiger partial charge in [0.25, 0.3) is 5.91 Å². The summed E-state index contributed by atoms with van der Waals surface area (Å²) < 4.78 is 5.22. The fourth-order valence-electron chi connectivity index (χ4n) is 1.83. The van der Waals surface area contributed by atoms with E-state index in [1.54, 1.807) is 37.3 Å². The maximum atomic E-state index is 12.3. The number of carbonyl (C=O) groups excluding carboxylic acids is 2. The molecule has 0 radical (unpaired) electrons. The number of nitrogens with zero attached hydrogens (tertiary/aromatic N) is 1. The minimum Gasteiger partial charge on any atom is -0.449 e. The van der Waals surface area contributed by atoms with Crippen molar-refractivity contribution in [3.8, 4) is 0 Å². The van der Waals surface area contributed by atoms with Gasteiger partial charge in [-0.3, -0.25) is 4.79 Å². The Labute approximate surface area is 143 Å². The molecule has 5 nitrogen and oxygen atoms in total. The van der Waals surface area contributed by atoms with Crippen molar-refractivity contribution < 1.29 is 14.3 Å². The minimum absolute atomic E-state index is 0.0267.